The fourth-order valence-electron chi connectivity index (χ4n) is 1.98. The number of rotatable bonds is 6. The molecule has 2 N–H and O–H groups in total. The van der Waals surface area contributed by atoms with E-state index in [1.807, 2.05) is 0 Å². The second-order valence-electron chi connectivity index (χ2n) is 5.42. The number of nitrogens with zero attached hydrogens (tertiary/aromatic N) is 2. The van der Waals surface area contributed by atoms with Gasteiger partial charge in [0.25, 0.3) is 0 Å². The molecule has 0 spiro atoms. The fraction of sp³-hybridized carbons (Fsp3) is 0.429. The van der Waals surface area contributed by atoms with Crippen LogP contribution in [0, 0.1) is 0 Å². The van der Waals surface area contributed by atoms with E-state index >= 15 is 0 Å². The van der Waals surface area contributed by atoms with Crippen molar-refractivity contribution in [2.45, 2.75) is 22.7 Å². The number of carbonyl (C=O) groups is 1. The largest absolute Gasteiger partial charge is 0.525 e. The molecule has 10 heteroatoms. The van der Waals surface area contributed by atoms with Crippen LogP contribution in [0.15, 0.2) is 34.3 Å². The third kappa shape index (κ3) is 5.32. The van der Waals surface area contributed by atoms with Crippen molar-refractivity contribution in [2.75, 3.05) is 19.8 Å². The molecule has 2 unspecified atom stereocenters. The molecule has 134 valence electrons. The monoisotopic (exact) mass is 383 g/mol. The summed E-state index contributed by atoms with van der Waals surface area (Å²) in [4.78, 5) is 11.9. The number of amides is 1. The Bertz CT molecular complexity index is 628. The molecule has 5 nitrogen and oxygen atoms in total. The first-order chi connectivity index (χ1) is 11.0. The van der Waals surface area contributed by atoms with Gasteiger partial charge in [0.15, 0.2) is 0 Å². The Kier molecular flexibility index (Phi) is 6.59. The van der Waals surface area contributed by atoms with E-state index in [-0.39, 0.29) is 11.4 Å². The average Bonchev–Trinajstić information content (AvgIpc) is 2.46. The molecule has 1 aromatic rings. The Morgan fingerprint density at radius 1 is 1.42 bits per heavy atom. The van der Waals surface area contributed by atoms with Gasteiger partial charge in [-0.1, -0.05) is 6.07 Å². The summed E-state index contributed by atoms with van der Waals surface area (Å²) >= 11 is 2.06. The predicted molar refractivity (Wildman–Crippen MR) is 88.6 cm³/mol. The van der Waals surface area contributed by atoms with Gasteiger partial charge < -0.3 is 10.3 Å². The molecule has 0 aliphatic carbocycles. The summed E-state index contributed by atoms with van der Waals surface area (Å²) in [5.74, 6) is 0. The van der Waals surface area contributed by atoms with Gasteiger partial charge in [0.05, 0.1) is 23.7 Å². The summed E-state index contributed by atoms with van der Waals surface area (Å²) < 4.78 is 37.0. The van der Waals surface area contributed by atoms with Crippen molar-refractivity contribution in [3.05, 3.63) is 29.8 Å². The van der Waals surface area contributed by atoms with Gasteiger partial charge in [0, 0.05) is 0 Å². The molecule has 24 heavy (non-hydrogen) atoms. The summed E-state index contributed by atoms with van der Waals surface area (Å²) in [6.07, 6.45) is -2.78. The van der Waals surface area contributed by atoms with Crippen molar-refractivity contribution in [3.63, 3.8) is 0 Å². The van der Waals surface area contributed by atoms with Crippen LogP contribution in [-0.2, 0) is 6.18 Å². The highest BCUT2D eigenvalue weighted by Crippen LogP contribution is 2.37. The minimum atomic E-state index is -4.50. The number of benzene rings is 1. The summed E-state index contributed by atoms with van der Waals surface area (Å²) in [6.45, 7) is 1.68. The first kappa shape index (κ1) is 20.7. The first-order valence-electron chi connectivity index (χ1n) is 6.65. The molecule has 0 aliphatic rings. The summed E-state index contributed by atoms with van der Waals surface area (Å²) in [7, 11) is 1.38. The maximum absolute atomic E-state index is 12.8. The second-order valence-corrected chi connectivity index (χ2v) is 8.22. The van der Waals surface area contributed by atoms with Gasteiger partial charge in [0.1, 0.15) is 23.2 Å². The maximum Gasteiger partial charge on any atom is 0.525 e. The summed E-state index contributed by atoms with van der Waals surface area (Å²) in [6, 6.07) is 4.51. The van der Waals surface area contributed by atoms with Crippen LogP contribution in [0.4, 0.5) is 18.0 Å². The van der Waals surface area contributed by atoms with Crippen molar-refractivity contribution in [2.24, 2.45) is 5.16 Å². The van der Waals surface area contributed by atoms with E-state index in [0.29, 0.717) is 0 Å². The molecule has 0 saturated heterocycles. The molecule has 1 amide bonds. The molecule has 0 heterocycles. The van der Waals surface area contributed by atoms with E-state index in [4.69, 9.17) is 5.21 Å². The number of hydrogen-bond acceptors (Lipinski definition) is 5. The van der Waals surface area contributed by atoms with E-state index in [2.05, 4.69) is 5.16 Å². The molecule has 0 saturated carbocycles. The van der Waals surface area contributed by atoms with Crippen LogP contribution in [0.2, 0.25) is 0 Å². The Hall–Kier alpha value is -1.39. The lowest BCUT2D eigenvalue weighted by Crippen LogP contribution is -2.50. The highest BCUT2D eigenvalue weighted by atomic mass is 32.2. The van der Waals surface area contributed by atoms with Crippen LogP contribution < -0.4 is 0 Å². The SMILES string of the molecule is CSC(C)(C=NO)C[N+](C)(Sc1cccc(C(F)(F)F)c1)C(=O)O. The van der Waals surface area contributed by atoms with Gasteiger partial charge in [-0.2, -0.15) is 21.9 Å². The van der Waals surface area contributed by atoms with Crippen LogP contribution in [0.25, 0.3) is 0 Å². The van der Waals surface area contributed by atoms with Crippen LogP contribution in [0.5, 0.6) is 0 Å². The van der Waals surface area contributed by atoms with Gasteiger partial charge in [0.2, 0.25) is 0 Å². The van der Waals surface area contributed by atoms with Gasteiger partial charge in [-0.3, -0.25) is 0 Å². The van der Waals surface area contributed by atoms with E-state index < -0.39 is 26.5 Å². The molecule has 0 aromatic heterocycles. The molecule has 2 atom stereocenters. The Balaban J connectivity index is 3.16. The Morgan fingerprint density at radius 2 is 2.04 bits per heavy atom. The van der Waals surface area contributed by atoms with Crippen LogP contribution in [0.3, 0.4) is 0 Å². The molecule has 0 aliphatic heterocycles. The topological polar surface area (TPSA) is 69.9 Å². The number of hydrogen-bond donors (Lipinski definition) is 2. The minimum absolute atomic E-state index is 0.00548. The first-order valence-corrected chi connectivity index (χ1v) is 8.65. The summed E-state index contributed by atoms with van der Waals surface area (Å²) in [5.41, 5.74) is -0.839. The highest BCUT2D eigenvalue weighted by molar-refractivity contribution is 8.00. The van der Waals surface area contributed by atoms with Crippen LogP contribution in [0.1, 0.15) is 12.5 Å². The third-order valence-corrected chi connectivity index (χ3v) is 5.61. The maximum atomic E-state index is 12.8. The molecule has 1 aromatic carbocycles. The van der Waals surface area contributed by atoms with E-state index in [9.17, 15) is 23.1 Å². The number of oxime groups is 1. The molecular formula is C14H18F3N2O3S2+. The number of alkyl halides is 3. The van der Waals surface area contributed by atoms with E-state index in [1.54, 1.807) is 13.2 Å². The van der Waals surface area contributed by atoms with Crippen molar-refractivity contribution < 1.29 is 32.2 Å². The van der Waals surface area contributed by atoms with Crippen LogP contribution >= 0.6 is 23.7 Å². The smallest absolute Gasteiger partial charge is 0.435 e. The van der Waals surface area contributed by atoms with Gasteiger partial charge in [-0.25, -0.2) is 0 Å². The van der Waals surface area contributed by atoms with E-state index in [0.717, 1.165) is 24.1 Å². The quantitative estimate of drug-likeness (QED) is 0.250. The van der Waals surface area contributed by atoms with Gasteiger partial charge >= 0.3 is 12.3 Å². The second kappa shape index (κ2) is 7.66. The predicted octanol–water partition coefficient (Wildman–Crippen LogP) is 4.42. The molecule has 0 bridgehead atoms. The lowest BCUT2D eigenvalue weighted by Gasteiger charge is -2.32. The standard InChI is InChI=1S/C14H17F3N2O3S2/c1-13(23-3,8-18-22)9-19(2,12(20)21)24-11-6-4-5-10(7-11)14(15,16)17/h4-8H,9H2,1-3H3,(H-,20,21,22)/p+1. The summed E-state index contributed by atoms with van der Waals surface area (Å²) in [5, 5.41) is 21.3. The molecule has 1 rings (SSSR count). The van der Waals surface area contributed by atoms with Crippen molar-refractivity contribution >= 4 is 36.0 Å². The fourth-order valence-corrected chi connectivity index (χ4v) is 3.80. The van der Waals surface area contributed by atoms with E-state index in [1.165, 1.54) is 37.2 Å². The zero-order valence-electron chi connectivity index (χ0n) is 13.2. The van der Waals surface area contributed by atoms with Crippen molar-refractivity contribution in [1.29, 1.82) is 0 Å². The number of halogens is 3. The normalized spacial score (nSPS) is 17.4. The van der Waals surface area contributed by atoms with Crippen LogP contribution in [-0.4, -0.2) is 51.1 Å². The average molecular weight is 383 g/mol. The molecule has 0 fully saturated rings. The lowest BCUT2D eigenvalue weighted by molar-refractivity contribution is -0.696. The van der Waals surface area contributed by atoms with Crippen molar-refractivity contribution in [3.8, 4) is 0 Å². The Morgan fingerprint density at radius 3 is 2.50 bits per heavy atom. The van der Waals surface area contributed by atoms with Gasteiger partial charge in [-0.05, 0) is 31.4 Å². The number of quaternary nitrogens is 1. The molecule has 0 radical (unpaired) electrons. The number of carboxylic acid groups (broad SMARTS) is 1. The zero-order valence-corrected chi connectivity index (χ0v) is 14.9. The molecular weight excluding hydrogens is 365 g/mol. The van der Waals surface area contributed by atoms with Gasteiger partial charge in [-0.15, -0.1) is 16.9 Å². The lowest BCUT2D eigenvalue weighted by atomic mass is 10.2. The Labute approximate surface area is 146 Å². The zero-order chi connectivity index (χ0) is 18.6. The minimum Gasteiger partial charge on any atom is -0.435 e. The highest BCUT2D eigenvalue weighted by Gasteiger charge is 2.42. The van der Waals surface area contributed by atoms with Crippen molar-refractivity contribution in [1.82, 2.24) is 0 Å². The third-order valence-electron chi connectivity index (χ3n) is 3.29. The number of thioether (sulfide) groups is 1.